The fourth-order valence-electron chi connectivity index (χ4n) is 3.35. The molecule has 19 heavy (non-hydrogen) atoms. The molecule has 2 aliphatic rings. The van der Waals surface area contributed by atoms with Crippen molar-refractivity contribution in [3.8, 4) is 0 Å². The topological polar surface area (TPSA) is 15.3 Å². The second-order valence-electron chi connectivity index (χ2n) is 6.65. The molecule has 1 aliphatic carbocycles. The third-order valence-corrected chi connectivity index (χ3v) is 4.41. The third kappa shape index (κ3) is 3.80. The monoisotopic (exact) mass is 258 g/mol. The van der Waals surface area contributed by atoms with Crippen molar-refractivity contribution in [2.45, 2.75) is 44.7 Å². The first-order valence-corrected chi connectivity index (χ1v) is 7.69. The number of likely N-dealkylation sites (tertiary alicyclic amines) is 1. The van der Waals surface area contributed by atoms with E-state index < -0.39 is 0 Å². The molecule has 3 rings (SSSR count). The molecule has 2 nitrogen and oxygen atoms in total. The minimum Gasteiger partial charge on any atom is -0.310 e. The molecule has 0 amide bonds. The minimum atomic E-state index is 0.710. The molecule has 1 saturated heterocycles. The molecule has 1 aliphatic heterocycles. The quantitative estimate of drug-likeness (QED) is 0.893. The van der Waals surface area contributed by atoms with Gasteiger partial charge >= 0.3 is 0 Å². The first kappa shape index (κ1) is 13.1. The molecule has 2 atom stereocenters. The van der Waals surface area contributed by atoms with Gasteiger partial charge in [-0.15, -0.1) is 0 Å². The Morgan fingerprint density at radius 1 is 1.11 bits per heavy atom. The summed E-state index contributed by atoms with van der Waals surface area (Å²) in [5.41, 5.74) is 2.86. The fraction of sp³-hybridized carbons (Fsp3) is 0.647. The number of rotatable bonds is 4. The average Bonchev–Trinajstić information content (AvgIpc) is 3.15. The molecule has 2 fully saturated rings. The first-order valence-electron chi connectivity index (χ1n) is 7.69. The van der Waals surface area contributed by atoms with Crippen molar-refractivity contribution in [2.24, 2.45) is 5.92 Å². The van der Waals surface area contributed by atoms with E-state index in [0.29, 0.717) is 6.04 Å². The van der Waals surface area contributed by atoms with Crippen LogP contribution in [0.4, 0.5) is 0 Å². The van der Waals surface area contributed by atoms with Gasteiger partial charge in [-0.1, -0.05) is 29.8 Å². The normalized spacial score (nSPS) is 28.5. The first-order chi connectivity index (χ1) is 9.19. The molecule has 1 aromatic carbocycles. The van der Waals surface area contributed by atoms with Gasteiger partial charge in [-0.05, 0) is 51.1 Å². The van der Waals surface area contributed by atoms with Gasteiger partial charge in [-0.2, -0.15) is 0 Å². The minimum absolute atomic E-state index is 0.710. The van der Waals surface area contributed by atoms with Crippen LogP contribution < -0.4 is 5.32 Å². The molecular weight excluding hydrogens is 232 g/mol. The van der Waals surface area contributed by atoms with Crippen LogP contribution in [0.25, 0.3) is 0 Å². The lowest BCUT2D eigenvalue weighted by molar-refractivity contribution is 0.168. The lowest BCUT2D eigenvalue weighted by Crippen LogP contribution is -2.48. The molecule has 1 aromatic rings. The lowest BCUT2D eigenvalue weighted by atomic mass is 9.88. The summed E-state index contributed by atoms with van der Waals surface area (Å²) in [4.78, 5) is 2.50. The maximum atomic E-state index is 3.81. The average molecular weight is 258 g/mol. The Kier molecular flexibility index (Phi) is 3.90. The van der Waals surface area contributed by atoms with Crippen LogP contribution in [-0.2, 0) is 6.42 Å². The number of benzene rings is 1. The molecule has 2 heteroatoms. The summed E-state index contributed by atoms with van der Waals surface area (Å²) in [5.74, 6) is 0.803. The zero-order valence-electron chi connectivity index (χ0n) is 12.2. The van der Waals surface area contributed by atoms with E-state index in [9.17, 15) is 0 Å². The highest BCUT2D eigenvalue weighted by Crippen LogP contribution is 2.25. The van der Waals surface area contributed by atoms with Crippen LogP contribution in [0.2, 0.25) is 0 Å². The van der Waals surface area contributed by atoms with Gasteiger partial charge in [0.1, 0.15) is 0 Å². The number of hydrogen-bond acceptors (Lipinski definition) is 2. The molecule has 0 radical (unpaired) electrons. The van der Waals surface area contributed by atoms with Crippen LogP contribution in [-0.4, -0.2) is 37.1 Å². The molecule has 0 bridgehead atoms. The fourth-order valence-corrected chi connectivity index (χ4v) is 3.35. The highest BCUT2D eigenvalue weighted by Gasteiger charge is 2.30. The lowest BCUT2D eigenvalue weighted by Gasteiger charge is -2.36. The van der Waals surface area contributed by atoms with E-state index in [1.54, 1.807) is 0 Å². The molecular formula is C17H26N2. The summed E-state index contributed by atoms with van der Waals surface area (Å²) < 4.78 is 0. The van der Waals surface area contributed by atoms with Crippen LogP contribution in [0.3, 0.4) is 0 Å². The molecule has 104 valence electrons. The summed E-state index contributed by atoms with van der Waals surface area (Å²) in [6.07, 6.45) is 5.36. The number of nitrogens with one attached hydrogen (secondary N) is 1. The Morgan fingerprint density at radius 3 is 2.53 bits per heavy atom. The van der Waals surface area contributed by atoms with E-state index in [0.717, 1.165) is 12.0 Å². The molecule has 1 N–H and O–H groups in total. The van der Waals surface area contributed by atoms with Crippen LogP contribution in [0.15, 0.2) is 24.3 Å². The summed E-state index contributed by atoms with van der Waals surface area (Å²) >= 11 is 0. The van der Waals surface area contributed by atoms with Gasteiger partial charge in [0.15, 0.2) is 0 Å². The van der Waals surface area contributed by atoms with Crippen molar-refractivity contribution < 1.29 is 0 Å². The van der Waals surface area contributed by atoms with Crippen molar-refractivity contribution >= 4 is 0 Å². The van der Waals surface area contributed by atoms with Gasteiger partial charge < -0.3 is 10.2 Å². The second kappa shape index (κ2) is 5.64. The molecule has 2 unspecified atom stereocenters. The highest BCUT2D eigenvalue weighted by atomic mass is 15.2. The number of aryl methyl sites for hydroxylation is 1. The van der Waals surface area contributed by atoms with E-state index in [4.69, 9.17) is 0 Å². The smallest absolute Gasteiger partial charge is 0.0200 e. The largest absolute Gasteiger partial charge is 0.310 e. The van der Waals surface area contributed by atoms with Gasteiger partial charge in [0.05, 0.1) is 0 Å². The maximum Gasteiger partial charge on any atom is 0.0200 e. The number of nitrogens with zero attached hydrogens (tertiary/aromatic N) is 1. The SMILES string of the molecule is Cc1ccc(CC2CC(NC3CC3)CN(C)C2)cc1. The summed E-state index contributed by atoms with van der Waals surface area (Å²) in [7, 11) is 2.27. The Hall–Kier alpha value is -0.860. The standard InChI is InChI=1S/C17H26N2/c1-13-3-5-14(6-4-13)9-15-10-17(12-19(2)11-15)18-16-7-8-16/h3-6,15-18H,7-12H2,1-2H3. The molecule has 1 saturated carbocycles. The molecule has 0 spiro atoms. The Labute approximate surface area is 117 Å². The summed E-state index contributed by atoms with van der Waals surface area (Å²) in [6.45, 7) is 4.63. The maximum absolute atomic E-state index is 3.81. The van der Waals surface area contributed by atoms with Crippen LogP contribution in [0.5, 0.6) is 0 Å². The predicted molar refractivity (Wildman–Crippen MR) is 80.4 cm³/mol. The molecule has 0 aromatic heterocycles. The van der Waals surface area contributed by atoms with Gasteiger partial charge in [0.2, 0.25) is 0 Å². The van der Waals surface area contributed by atoms with E-state index in [1.165, 1.54) is 49.9 Å². The van der Waals surface area contributed by atoms with Gasteiger partial charge in [-0.25, -0.2) is 0 Å². The van der Waals surface area contributed by atoms with Gasteiger partial charge in [0, 0.05) is 25.2 Å². The summed E-state index contributed by atoms with van der Waals surface area (Å²) in [5, 5.41) is 3.81. The Morgan fingerprint density at radius 2 is 1.84 bits per heavy atom. The Bertz CT molecular complexity index is 406. The van der Waals surface area contributed by atoms with Crippen molar-refractivity contribution in [3.63, 3.8) is 0 Å². The van der Waals surface area contributed by atoms with Crippen LogP contribution >= 0.6 is 0 Å². The van der Waals surface area contributed by atoms with Crippen molar-refractivity contribution in [3.05, 3.63) is 35.4 Å². The van der Waals surface area contributed by atoms with Crippen LogP contribution in [0, 0.1) is 12.8 Å². The highest BCUT2D eigenvalue weighted by molar-refractivity contribution is 5.21. The van der Waals surface area contributed by atoms with E-state index in [1.807, 2.05) is 0 Å². The predicted octanol–water partition coefficient (Wildman–Crippen LogP) is 2.61. The van der Waals surface area contributed by atoms with E-state index in [-0.39, 0.29) is 0 Å². The van der Waals surface area contributed by atoms with Gasteiger partial charge in [0.25, 0.3) is 0 Å². The zero-order valence-corrected chi connectivity index (χ0v) is 12.2. The van der Waals surface area contributed by atoms with E-state index in [2.05, 4.69) is 48.5 Å². The molecule has 1 heterocycles. The number of piperidine rings is 1. The zero-order chi connectivity index (χ0) is 13.2. The van der Waals surface area contributed by atoms with E-state index >= 15 is 0 Å². The van der Waals surface area contributed by atoms with Crippen molar-refractivity contribution in [1.29, 1.82) is 0 Å². The van der Waals surface area contributed by atoms with Gasteiger partial charge in [-0.3, -0.25) is 0 Å². The number of hydrogen-bond donors (Lipinski definition) is 1. The van der Waals surface area contributed by atoms with Crippen molar-refractivity contribution in [2.75, 3.05) is 20.1 Å². The second-order valence-corrected chi connectivity index (χ2v) is 6.65. The summed E-state index contributed by atoms with van der Waals surface area (Å²) in [6, 6.07) is 10.6. The Balaban J connectivity index is 1.57. The van der Waals surface area contributed by atoms with Crippen molar-refractivity contribution in [1.82, 2.24) is 10.2 Å². The number of likely N-dealkylation sites (N-methyl/N-ethyl adjacent to an activating group) is 1. The third-order valence-electron chi connectivity index (χ3n) is 4.41. The van der Waals surface area contributed by atoms with Crippen LogP contribution in [0.1, 0.15) is 30.4 Å².